The molecule has 4 heteroatoms. The molecule has 1 N–H and O–H groups in total. The highest BCUT2D eigenvalue weighted by molar-refractivity contribution is 5.88. The van der Waals surface area contributed by atoms with E-state index in [0.717, 1.165) is 44.2 Å². The fraction of sp³-hybridized carbons (Fsp3) is 0.579. The summed E-state index contributed by atoms with van der Waals surface area (Å²) in [5, 5.41) is 9.21. The Labute approximate surface area is 136 Å². The van der Waals surface area contributed by atoms with Gasteiger partial charge in [-0.15, -0.1) is 0 Å². The molecule has 23 heavy (non-hydrogen) atoms. The summed E-state index contributed by atoms with van der Waals surface area (Å²) in [6.45, 7) is 0.868. The second kappa shape index (κ2) is 5.36. The molecule has 2 fully saturated rings. The number of aromatic carboxylic acids is 1. The molecular formula is C19H23NO3. The summed E-state index contributed by atoms with van der Waals surface area (Å²) in [6.07, 6.45) is 8.28. The van der Waals surface area contributed by atoms with Gasteiger partial charge >= 0.3 is 5.97 Å². The highest BCUT2D eigenvalue weighted by Crippen LogP contribution is 2.45. The van der Waals surface area contributed by atoms with Gasteiger partial charge in [0.15, 0.2) is 0 Å². The minimum Gasteiger partial charge on any atom is -0.478 e. The lowest BCUT2D eigenvalue weighted by Gasteiger charge is -2.35. The standard InChI is InChI=1S/C19H23NO3/c21-17-11-19(12-20(17)16-3-1-2-4-16)8-7-13-5-6-14(18(22)23)9-15(13)10-19/h5-6,9,16H,1-4,7-8,10-12H2,(H,22,23)/t19-/m1/s1. The van der Waals surface area contributed by atoms with Crippen molar-refractivity contribution < 1.29 is 14.7 Å². The summed E-state index contributed by atoms with van der Waals surface area (Å²) in [4.78, 5) is 25.9. The van der Waals surface area contributed by atoms with Crippen molar-refractivity contribution in [3.63, 3.8) is 0 Å². The lowest BCUT2D eigenvalue weighted by Crippen LogP contribution is -2.37. The van der Waals surface area contributed by atoms with Crippen LogP contribution in [0.5, 0.6) is 0 Å². The number of hydrogen-bond donors (Lipinski definition) is 1. The predicted octanol–water partition coefficient (Wildman–Crippen LogP) is 3.03. The first-order valence-corrected chi connectivity index (χ1v) is 8.71. The molecule has 0 unspecified atom stereocenters. The van der Waals surface area contributed by atoms with Crippen LogP contribution in [0.4, 0.5) is 0 Å². The Balaban J connectivity index is 1.58. The summed E-state index contributed by atoms with van der Waals surface area (Å²) < 4.78 is 0. The molecule has 0 aromatic heterocycles. The van der Waals surface area contributed by atoms with Gasteiger partial charge in [-0.05, 0) is 55.4 Å². The van der Waals surface area contributed by atoms with E-state index in [1.807, 2.05) is 12.1 Å². The lowest BCUT2D eigenvalue weighted by atomic mass is 9.70. The van der Waals surface area contributed by atoms with Crippen molar-refractivity contribution in [2.45, 2.75) is 57.4 Å². The van der Waals surface area contributed by atoms with Crippen LogP contribution in [0.1, 0.15) is 60.0 Å². The molecule has 1 aliphatic heterocycles. The van der Waals surface area contributed by atoms with Gasteiger partial charge in [0.2, 0.25) is 5.91 Å². The maximum absolute atomic E-state index is 12.6. The van der Waals surface area contributed by atoms with Crippen molar-refractivity contribution in [3.8, 4) is 0 Å². The Morgan fingerprint density at radius 2 is 1.96 bits per heavy atom. The molecule has 1 amide bonds. The van der Waals surface area contributed by atoms with Crippen molar-refractivity contribution in [3.05, 3.63) is 34.9 Å². The van der Waals surface area contributed by atoms with Gasteiger partial charge in [0.1, 0.15) is 0 Å². The smallest absolute Gasteiger partial charge is 0.335 e. The fourth-order valence-corrected chi connectivity index (χ4v) is 4.82. The summed E-state index contributed by atoms with van der Waals surface area (Å²) in [6, 6.07) is 5.93. The van der Waals surface area contributed by atoms with E-state index in [2.05, 4.69) is 4.90 Å². The van der Waals surface area contributed by atoms with Gasteiger partial charge < -0.3 is 10.0 Å². The third-order valence-corrected chi connectivity index (χ3v) is 6.06. The van der Waals surface area contributed by atoms with Crippen molar-refractivity contribution in [2.24, 2.45) is 5.41 Å². The van der Waals surface area contributed by atoms with Gasteiger partial charge in [-0.3, -0.25) is 4.79 Å². The SMILES string of the molecule is O=C(O)c1ccc2c(c1)C[C@]1(CC2)CC(=O)N(C2CCCC2)C1. The first-order valence-electron chi connectivity index (χ1n) is 8.71. The van der Waals surface area contributed by atoms with Crippen LogP contribution >= 0.6 is 0 Å². The van der Waals surface area contributed by atoms with Crippen LogP contribution in [0.2, 0.25) is 0 Å². The molecule has 1 saturated carbocycles. The van der Waals surface area contributed by atoms with Crippen LogP contribution in [-0.4, -0.2) is 34.5 Å². The number of aryl methyl sites for hydroxylation is 1. The molecule has 122 valence electrons. The average Bonchev–Trinajstić information content (AvgIpc) is 3.15. The minimum absolute atomic E-state index is 0.0315. The van der Waals surface area contributed by atoms with Gasteiger partial charge in [0, 0.05) is 24.4 Å². The van der Waals surface area contributed by atoms with E-state index in [1.165, 1.54) is 18.4 Å². The van der Waals surface area contributed by atoms with Crippen molar-refractivity contribution in [1.29, 1.82) is 0 Å². The normalized spacial score (nSPS) is 27.7. The zero-order valence-electron chi connectivity index (χ0n) is 13.4. The van der Waals surface area contributed by atoms with Crippen LogP contribution in [0.3, 0.4) is 0 Å². The number of carbonyl (C=O) groups excluding carboxylic acids is 1. The Morgan fingerprint density at radius 3 is 2.70 bits per heavy atom. The van der Waals surface area contributed by atoms with Crippen LogP contribution in [-0.2, 0) is 17.6 Å². The topological polar surface area (TPSA) is 57.6 Å². The molecular weight excluding hydrogens is 290 g/mol. The summed E-state index contributed by atoms with van der Waals surface area (Å²) in [7, 11) is 0. The molecule has 1 saturated heterocycles. The number of benzene rings is 1. The number of hydrogen-bond acceptors (Lipinski definition) is 2. The van der Waals surface area contributed by atoms with E-state index in [-0.39, 0.29) is 5.41 Å². The second-order valence-electron chi connectivity index (χ2n) is 7.60. The van der Waals surface area contributed by atoms with Crippen molar-refractivity contribution >= 4 is 11.9 Å². The Hall–Kier alpha value is -1.84. The lowest BCUT2D eigenvalue weighted by molar-refractivity contribution is -0.129. The van der Waals surface area contributed by atoms with Crippen LogP contribution in [0, 0.1) is 5.41 Å². The number of likely N-dealkylation sites (tertiary alicyclic amines) is 1. The van der Waals surface area contributed by atoms with Crippen molar-refractivity contribution in [2.75, 3.05) is 6.54 Å². The number of amides is 1. The minimum atomic E-state index is -0.873. The average molecular weight is 313 g/mol. The molecule has 1 aromatic carbocycles. The number of nitrogens with zero attached hydrogens (tertiary/aromatic N) is 1. The van der Waals surface area contributed by atoms with E-state index >= 15 is 0 Å². The first kappa shape index (κ1) is 14.7. The monoisotopic (exact) mass is 313 g/mol. The first-order chi connectivity index (χ1) is 11.1. The Bertz CT molecular complexity index is 663. The molecule has 1 heterocycles. The fourth-order valence-electron chi connectivity index (χ4n) is 4.82. The van der Waals surface area contributed by atoms with E-state index in [0.29, 0.717) is 23.9 Å². The highest BCUT2D eigenvalue weighted by atomic mass is 16.4. The Morgan fingerprint density at radius 1 is 1.17 bits per heavy atom. The quantitative estimate of drug-likeness (QED) is 0.913. The predicted molar refractivity (Wildman–Crippen MR) is 86.4 cm³/mol. The van der Waals surface area contributed by atoms with Gasteiger partial charge in [0.25, 0.3) is 0 Å². The molecule has 1 aromatic rings. The summed E-state index contributed by atoms with van der Waals surface area (Å²) in [5.41, 5.74) is 2.78. The zero-order chi connectivity index (χ0) is 16.0. The summed E-state index contributed by atoms with van der Waals surface area (Å²) >= 11 is 0. The molecule has 3 aliphatic rings. The van der Waals surface area contributed by atoms with Gasteiger partial charge in [0.05, 0.1) is 5.56 Å². The Kier molecular flexibility index (Phi) is 3.43. The molecule has 4 nitrogen and oxygen atoms in total. The number of carboxylic acids is 1. The maximum Gasteiger partial charge on any atom is 0.335 e. The van der Waals surface area contributed by atoms with Crippen LogP contribution in [0.25, 0.3) is 0 Å². The van der Waals surface area contributed by atoms with E-state index < -0.39 is 5.97 Å². The molecule has 1 spiro atoms. The van der Waals surface area contributed by atoms with Crippen LogP contribution < -0.4 is 0 Å². The zero-order valence-corrected chi connectivity index (χ0v) is 13.4. The number of fused-ring (bicyclic) bond motifs is 1. The largest absolute Gasteiger partial charge is 0.478 e. The maximum atomic E-state index is 12.6. The van der Waals surface area contributed by atoms with E-state index in [1.54, 1.807) is 6.07 Å². The van der Waals surface area contributed by atoms with Crippen molar-refractivity contribution in [1.82, 2.24) is 4.90 Å². The summed E-state index contributed by atoms with van der Waals surface area (Å²) in [5.74, 6) is -0.558. The number of rotatable bonds is 2. The molecule has 1 atom stereocenters. The van der Waals surface area contributed by atoms with E-state index in [4.69, 9.17) is 0 Å². The molecule has 2 aliphatic carbocycles. The van der Waals surface area contributed by atoms with Gasteiger partial charge in [-0.2, -0.15) is 0 Å². The van der Waals surface area contributed by atoms with Gasteiger partial charge in [-0.25, -0.2) is 4.79 Å². The molecule has 0 bridgehead atoms. The third-order valence-electron chi connectivity index (χ3n) is 6.06. The second-order valence-corrected chi connectivity index (χ2v) is 7.60. The number of carbonyl (C=O) groups is 2. The highest BCUT2D eigenvalue weighted by Gasteiger charge is 2.47. The molecule has 0 radical (unpaired) electrons. The third kappa shape index (κ3) is 2.54. The van der Waals surface area contributed by atoms with E-state index in [9.17, 15) is 14.7 Å². The molecule has 4 rings (SSSR count). The van der Waals surface area contributed by atoms with Crippen LogP contribution in [0.15, 0.2) is 18.2 Å². The van der Waals surface area contributed by atoms with Gasteiger partial charge in [-0.1, -0.05) is 18.9 Å². The number of carboxylic acid groups (broad SMARTS) is 1.